The fourth-order valence-electron chi connectivity index (χ4n) is 2.72. The molecule has 1 saturated heterocycles. The Bertz CT molecular complexity index is 311. The van der Waals surface area contributed by atoms with Gasteiger partial charge >= 0.3 is 6.09 Å². The number of amides is 1. The summed E-state index contributed by atoms with van der Waals surface area (Å²) in [5, 5.41) is 0. The van der Waals surface area contributed by atoms with E-state index in [0.29, 0.717) is 6.10 Å². The van der Waals surface area contributed by atoms with E-state index in [2.05, 4.69) is 16.7 Å². The van der Waals surface area contributed by atoms with Gasteiger partial charge in [0.1, 0.15) is 5.60 Å². The molecule has 1 aliphatic carbocycles. The van der Waals surface area contributed by atoms with E-state index >= 15 is 0 Å². The lowest BCUT2D eigenvalue weighted by Gasteiger charge is -2.36. The van der Waals surface area contributed by atoms with E-state index in [4.69, 9.17) is 10.5 Å². The lowest BCUT2D eigenvalue weighted by atomic mass is 9.94. The van der Waals surface area contributed by atoms with Crippen molar-refractivity contribution in [3.05, 3.63) is 0 Å². The summed E-state index contributed by atoms with van der Waals surface area (Å²) >= 11 is 0. The van der Waals surface area contributed by atoms with Gasteiger partial charge in [-0.1, -0.05) is 19.3 Å². The second-order valence-electron chi connectivity index (χ2n) is 7.05. The third kappa shape index (κ3) is 8.27. The first-order valence-electron chi connectivity index (χ1n) is 8.08. The number of carbonyl (C=O) groups is 1. The zero-order valence-electron chi connectivity index (χ0n) is 14.1. The Morgan fingerprint density at radius 3 is 2.19 bits per heavy atom. The van der Waals surface area contributed by atoms with E-state index in [1.807, 2.05) is 0 Å². The number of likely N-dealkylation sites (N-methyl/N-ethyl adjacent to an activating group) is 1. The number of nitrogens with zero attached hydrogens (tertiary/aromatic N) is 1. The van der Waals surface area contributed by atoms with E-state index < -0.39 is 11.7 Å². The van der Waals surface area contributed by atoms with Crippen molar-refractivity contribution in [3.8, 4) is 0 Å². The first kappa shape index (κ1) is 18.2. The average molecular weight is 302 g/mol. The molecule has 0 radical (unpaired) electrons. The average Bonchev–Trinajstić information content (AvgIpc) is 2.32. The number of carbonyl (C=O) groups excluding carboxylic acids is 1. The Labute approximate surface area is 130 Å². The number of rotatable bonds is 3. The van der Waals surface area contributed by atoms with Crippen molar-refractivity contribution in [3.63, 3.8) is 0 Å². The molecule has 0 spiro atoms. The van der Waals surface area contributed by atoms with Crippen molar-refractivity contribution in [1.29, 1.82) is 0 Å². The summed E-state index contributed by atoms with van der Waals surface area (Å²) in [5.74, 6) is 0. The fraction of sp³-hybridized carbons (Fsp3) is 0.938. The number of nitrogens with two attached hydrogens (primary N) is 1. The van der Waals surface area contributed by atoms with Crippen molar-refractivity contribution in [2.75, 3.05) is 20.2 Å². The van der Waals surface area contributed by atoms with Crippen LogP contribution in [0.25, 0.3) is 0 Å². The first-order valence-corrected chi connectivity index (χ1v) is 8.08. The topological polar surface area (TPSA) is 64.8 Å². The van der Waals surface area contributed by atoms with Crippen molar-refractivity contribution in [2.45, 2.75) is 77.0 Å². The minimum Gasteiger partial charge on any atom is -0.444 e. The molecule has 0 bridgehead atoms. The van der Waals surface area contributed by atoms with Crippen LogP contribution < -0.4 is 5.73 Å². The highest BCUT2D eigenvalue weighted by Gasteiger charge is 2.24. The number of ether oxygens (including phenoxy) is 2. The second kappa shape index (κ2) is 8.59. The maximum atomic E-state index is 10.0. The van der Waals surface area contributed by atoms with Crippen LogP contribution >= 0.6 is 0 Å². The van der Waals surface area contributed by atoms with Gasteiger partial charge < -0.3 is 20.1 Å². The molecule has 1 aliphatic heterocycles. The summed E-state index contributed by atoms with van der Waals surface area (Å²) in [7, 11) is 2.26. The summed E-state index contributed by atoms with van der Waals surface area (Å²) in [6.07, 6.45) is 8.22. The molecule has 1 atom stereocenters. The SMILES string of the molecule is CC(C)(C)OC(N)=O.CN(CC1CCO1)C1CCCCC1.[HH]. The Morgan fingerprint density at radius 1 is 1.29 bits per heavy atom. The van der Waals surface area contributed by atoms with Crippen LogP contribution in [-0.4, -0.2) is 48.9 Å². The molecule has 5 nitrogen and oxygen atoms in total. The first-order chi connectivity index (χ1) is 9.78. The lowest BCUT2D eigenvalue weighted by molar-refractivity contribution is -0.0698. The van der Waals surface area contributed by atoms with Crippen LogP contribution in [0.2, 0.25) is 0 Å². The maximum Gasteiger partial charge on any atom is 0.405 e. The van der Waals surface area contributed by atoms with Gasteiger partial charge in [-0.2, -0.15) is 0 Å². The predicted octanol–water partition coefficient (Wildman–Crippen LogP) is 3.17. The smallest absolute Gasteiger partial charge is 0.405 e. The van der Waals surface area contributed by atoms with Gasteiger partial charge in [0.25, 0.3) is 0 Å². The quantitative estimate of drug-likeness (QED) is 0.869. The lowest BCUT2D eigenvalue weighted by Crippen LogP contribution is -2.43. The van der Waals surface area contributed by atoms with Crippen LogP contribution in [0.15, 0.2) is 0 Å². The van der Waals surface area contributed by atoms with Crippen LogP contribution in [0.5, 0.6) is 0 Å². The molecule has 2 N–H and O–H groups in total. The number of hydrogen-bond acceptors (Lipinski definition) is 4. The molecule has 1 unspecified atom stereocenters. The highest BCUT2D eigenvalue weighted by molar-refractivity contribution is 5.65. The highest BCUT2D eigenvalue weighted by Crippen LogP contribution is 2.23. The van der Waals surface area contributed by atoms with E-state index in [9.17, 15) is 4.79 Å². The monoisotopic (exact) mass is 302 g/mol. The van der Waals surface area contributed by atoms with Gasteiger partial charge in [-0.3, -0.25) is 0 Å². The minimum atomic E-state index is -0.725. The third-order valence-corrected chi connectivity index (χ3v) is 3.89. The second-order valence-corrected chi connectivity index (χ2v) is 7.05. The normalized spacial score (nSPS) is 23.0. The van der Waals surface area contributed by atoms with Crippen molar-refractivity contribution < 1.29 is 15.7 Å². The van der Waals surface area contributed by atoms with E-state index in [1.54, 1.807) is 20.8 Å². The zero-order chi connectivity index (χ0) is 15.9. The number of primary amides is 1. The molecule has 2 rings (SSSR count). The van der Waals surface area contributed by atoms with Crippen molar-refractivity contribution in [1.82, 2.24) is 4.90 Å². The van der Waals surface area contributed by atoms with Gasteiger partial charge in [-0.15, -0.1) is 0 Å². The summed E-state index contributed by atoms with van der Waals surface area (Å²) in [4.78, 5) is 12.5. The molecule has 126 valence electrons. The van der Waals surface area contributed by atoms with Crippen LogP contribution in [0.1, 0.15) is 60.7 Å². The van der Waals surface area contributed by atoms with Crippen molar-refractivity contribution >= 4 is 6.09 Å². The van der Waals surface area contributed by atoms with Gasteiger partial charge in [0, 0.05) is 20.6 Å². The van der Waals surface area contributed by atoms with Gasteiger partial charge in [0.05, 0.1) is 6.10 Å². The van der Waals surface area contributed by atoms with Gasteiger partial charge in [-0.25, -0.2) is 4.79 Å². The summed E-state index contributed by atoms with van der Waals surface area (Å²) < 4.78 is 10.0. The molecule has 21 heavy (non-hydrogen) atoms. The zero-order valence-corrected chi connectivity index (χ0v) is 14.1. The Morgan fingerprint density at radius 2 is 1.86 bits per heavy atom. The maximum absolute atomic E-state index is 10.0. The molecule has 5 heteroatoms. The molecule has 1 saturated carbocycles. The Hall–Kier alpha value is -0.810. The molecule has 0 aromatic carbocycles. The molecule has 0 aromatic rings. The van der Waals surface area contributed by atoms with Crippen LogP contribution in [-0.2, 0) is 9.47 Å². The molecule has 1 amide bonds. The minimum absolute atomic E-state index is 0. The third-order valence-electron chi connectivity index (χ3n) is 3.89. The highest BCUT2D eigenvalue weighted by atomic mass is 16.6. The molecular weight excluding hydrogens is 268 g/mol. The molecule has 2 aliphatic rings. The van der Waals surface area contributed by atoms with Gasteiger partial charge in [0.2, 0.25) is 0 Å². The molecule has 0 aromatic heterocycles. The Balaban J connectivity index is 0.000000432. The number of hydrogen-bond donors (Lipinski definition) is 1. The Kier molecular flexibility index (Phi) is 7.46. The van der Waals surface area contributed by atoms with Crippen LogP contribution in [0.4, 0.5) is 4.79 Å². The van der Waals surface area contributed by atoms with E-state index in [0.717, 1.165) is 19.2 Å². The molecule has 1 heterocycles. The van der Waals surface area contributed by atoms with E-state index in [-0.39, 0.29) is 1.43 Å². The summed E-state index contributed by atoms with van der Waals surface area (Å²) in [6, 6.07) is 0.845. The van der Waals surface area contributed by atoms with E-state index in [1.165, 1.54) is 38.5 Å². The van der Waals surface area contributed by atoms with Gasteiger partial charge in [0.15, 0.2) is 0 Å². The fourth-order valence-corrected chi connectivity index (χ4v) is 2.72. The molecular formula is C16H34N2O3. The summed E-state index contributed by atoms with van der Waals surface area (Å²) in [6.45, 7) is 7.43. The van der Waals surface area contributed by atoms with Crippen LogP contribution in [0.3, 0.4) is 0 Å². The van der Waals surface area contributed by atoms with Gasteiger partial charge in [-0.05, 0) is 47.1 Å². The predicted molar refractivity (Wildman–Crippen MR) is 86.4 cm³/mol. The summed E-state index contributed by atoms with van der Waals surface area (Å²) in [5.41, 5.74) is 4.26. The van der Waals surface area contributed by atoms with Crippen molar-refractivity contribution in [2.24, 2.45) is 5.73 Å². The largest absolute Gasteiger partial charge is 0.444 e. The molecule has 2 fully saturated rings. The van der Waals surface area contributed by atoms with Crippen LogP contribution in [0, 0.1) is 0 Å². The standard InChI is InChI=1S/C11H21NO.C5H11NO2.H2/c1-12(9-11-7-8-13-11)10-5-3-2-4-6-10;1-5(2,3)8-4(6)7;/h10-11H,2-9H2,1H3;1-3H3,(H2,6,7);1H.